The van der Waals surface area contributed by atoms with E-state index in [1.54, 1.807) is 6.20 Å². The third-order valence-electron chi connectivity index (χ3n) is 2.38. The Bertz CT molecular complexity index is 429. The monoisotopic (exact) mass is 205 g/mol. The Hall–Kier alpha value is -1.46. The molecule has 5 heteroatoms. The molecule has 1 aliphatic rings. The van der Waals surface area contributed by atoms with Crippen LogP contribution in [0.25, 0.3) is 11.2 Å². The number of ether oxygens (including phenoxy) is 1. The summed E-state index contributed by atoms with van der Waals surface area (Å²) in [6.07, 6.45) is 1.61. The number of hydrogen-bond donors (Lipinski definition) is 1. The van der Waals surface area contributed by atoms with Gasteiger partial charge in [0.15, 0.2) is 11.2 Å². The highest BCUT2D eigenvalue weighted by molar-refractivity contribution is 5.66. The summed E-state index contributed by atoms with van der Waals surface area (Å²) in [7, 11) is 0. The van der Waals surface area contributed by atoms with Crippen molar-refractivity contribution in [3.63, 3.8) is 0 Å². The molecule has 0 aromatic carbocycles. The highest BCUT2D eigenvalue weighted by Crippen LogP contribution is 2.21. The first-order valence-corrected chi connectivity index (χ1v) is 4.97. The van der Waals surface area contributed by atoms with Gasteiger partial charge in [-0.15, -0.1) is 0 Å². The second-order valence-corrected chi connectivity index (χ2v) is 3.44. The van der Waals surface area contributed by atoms with Crippen LogP contribution in [-0.4, -0.2) is 29.7 Å². The van der Waals surface area contributed by atoms with Crippen LogP contribution in [0.15, 0.2) is 22.7 Å². The van der Waals surface area contributed by atoms with Gasteiger partial charge >= 0.3 is 0 Å². The molecule has 0 amide bonds. The van der Waals surface area contributed by atoms with Gasteiger partial charge in [0, 0.05) is 19.3 Å². The van der Waals surface area contributed by atoms with Gasteiger partial charge in [-0.3, -0.25) is 0 Å². The molecule has 0 aliphatic carbocycles. The summed E-state index contributed by atoms with van der Waals surface area (Å²) in [6.45, 7) is 2.32. The lowest BCUT2D eigenvalue weighted by Gasteiger charge is -2.20. The molecule has 1 unspecified atom stereocenters. The first kappa shape index (κ1) is 8.82. The number of oxazole rings is 1. The van der Waals surface area contributed by atoms with Crippen LogP contribution in [0.4, 0.5) is 0 Å². The van der Waals surface area contributed by atoms with Crippen LogP contribution in [0.3, 0.4) is 0 Å². The van der Waals surface area contributed by atoms with E-state index in [0.29, 0.717) is 23.7 Å². The summed E-state index contributed by atoms with van der Waals surface area (Å²) in [6, 6.07) is 3.69. The van der Waals surface area contributed by atoms with E-state index in [1.807, 2.05) is 12.1 Å². The molecule has 0 saturated carbocycles. The lowest BCUT2D eigenvalue weighted by atomic mass is 10.3. The number of morpholine rings is 1. The van der Waals surface area contributed by atoms with Gasteiger partial charge in [-0.05, 0) is 12.1 Å². The van der Waals surface area contributed by atoms with Crippen molar-refractivity contribution in [1.82, 2.24) is 15.3 Å². The Labute approximate surface area is 86.5 Å². The van der Waals surface area contributed by atoms with E-state index in [0.717, 1.165) is 13.1 Å². The van der Waals surface area contributed by atoms with Gasteiger partial charge in [-0.2, -0.15) is 4.98 Å². The van der Waals surface area contributed by atoms with Crippen LogP contribution in [0.2, 0.25) is 0 Å². The van der Waals surface area contributed by atoms with Crippen molar-refractivity contribution in [3.8, 4) is 0 Å². The summed E-state index contributed by atoms with van der Waals surface area (Å²) in [5, 5.41) is 3.23. The van der Waals surface area contributed by atoms with E-state index in [4.69, 9.17) is 9.15 Å². The van der Waals surface area contributed by atoms with Gasteiger partial charge in [0.2, 0.25) is 5.89 Å². The van der Waals surface area contributed by atoms with Crippen molar-refractivity contribution in [2.75, 3.05) is 19.7 Å². The molecule has 1 fully saturated rings. The highest BCUT2D eigenvalue weighted by Gasteiger charge is 2.21. The number of hydrogen-bond acceptors (Lipinski definition) is 5. The minimum atomic E-state index is -0.0899. The molecule has 5 nitrogen and oxygen atoms in total. The summed E-state index contributed by atoms with van der Waals surface area (Å²) in [5.74, 6) is 0.607. The number of nitrogens with one attached hydrogen (secondary N) is 1. The van der Waals surface area contributed by atoms with E-state index >= 15 is 0 Å². The van der Waals surface area contributed by atoms with Gasteiger partial charge in [0.25, 0.3) is 0 Å². The van der Waals surface area contributed by atoms with Crippen molar-refractivity contribution >= 4 is 11.2 Å². The first-order chi connectivity index (χ1) is 7.43. The van der Waals surface area contributed by atoms with Crippen molar-refractivity contribution in [1.29, 1.82) is 0 Å². The van der Waals surface area contributed by atoms with Crippen molar-refractivity contribution in [3.05, 3.63) is 24.2 Å². The van der Waals surface area contributed by atoms with Crippen LogP contribution in [0.5, 0.6) is 0 Å². The van der Waals surface area contributed by atoms with Gasteiger partial charge < -0.3 is 14.5 Å². The normalized spacial score (nSPS) is 22.0. The fourth-order valence-electron chi connectivity index (χ4n) is 1.65. The molecule has 78 valence electrons. The lowest BCUT2D eigenvalue weighted by Crippen LogP contribution is -2.33. The van der Waals surface area contributed by atoms with Gasteiger partial charge in [0.1, 0.15) is 6.10 Å². The maximum Gasteiger partial charge on any atom is 0.227 e. The average Bonchev–Trinajstić information content (AvgIpc) is 2.74. The molecule has 0 radical (unpaired) electrons. The molecule has 2 aromatic heterocycles. The molecular formula is C10H11N3O2. The molecule has 1 saturated heterocycles. The van der Waals surface area contributed by atoms with Gasteiger partial charge in [0.05, 0.1) is 6.61 Å². The largest absolute Gasteiger partial charge is 0.436 e. The predicted molar refractivity (Wildman–Crippen MR) is 53.4 cm³/mol. The molecular weight excluding hydrogens is 194 g/mol. The standard InChI is InChI=1S/C10H11N3O2/c1-2-7-9(12-3-1)13-10(15-7)8-6-11-4-5-14-8/h1-3,8,11H,4-6H2. The quantitative estimate of drug-likeness (QED) is 0.749. The number of pyridine rings is 1. The van der Waals surface area contributed by atoms with Gasteiger partial charge in [-0.25, -0.2) is 4.98 Å². The number of aromatic nitrogens is 2. The van der Waals surface area contributed by atoms with Crippen LogP contribution in [-0.2, 0) is 4.74 Å². The smallest absolute Gasteiger partial charge is 0.227 e. The van der Waals surface area contributed by atoms with Crippen LogP contribution < -0.4 is 5.32 Å². The predicted octanol–water partition coefficient (Wildman–Crippen LogP) is 0.884. The van der Waals surface area contributed by atoms with E-state index in [9.17, 15) is 0 Å². The molecule has 2 aromatic rings. The summed E-state index contributed by atoms with van der Waals surface area (Å²) >= 11 is 0. The zero-order chi connectivity index (χ0) is 10.1. The Morgan fingerprint density at radius 1 is 1.47 bits per heavy atom. The van der Waals surface area contributed by atoms with Gasteiger partial charge in [-0.1, -0.05) is 0 Å². The van der Waals surface area contributed by atoms with E-state index in [1.165, 1.54) is 0 Å². The molecule has 0 spiro atoms. The summed E-state index contributed by atoms with van der Waals surface area (Å²) < 4.78 is 11.1. The van der Waals surface area contributed by atoms with Crippen molar-refractivity contribution < 1.29 is 9.15 Å². The molecule has 3 rings (SSSR count). The Morgan fingerprint density at radius 3 is 3.27 bits per heavy atom. The van der Waals surface area contributed by atoms with Crippen molar-refractivity contribution in [2.45, 2.75) is 6.10 Å². The fourth-order valence-corrected chi connectivity index (χ4v) is 1.65. The molecule has 3 heterocycles. The maximum absolute atomic E-state index is 5.57. The third kappa shape index (κ3) is 1.60. The average molecular weight is 205 g/mol. The number of nitrogens with zero attached hydrogens (tertiary/aromatic N) is 2. The van der Waals surface area contributed by atoms with Crippen LogP contribution in [0, 0.1) is 0 Å². The zero-order valence-electron chi connectivity index (χ0n) is 8.14. The van der Waals surface area contributed by atoms with Crippen LogP contribution >= 0.6 is 0 Å². The summed E-state index contributed by atoms with van der Waals surface area (Å²) in [4.78, 5) is 8.41. The molecule has 1 N–H and O–H groups in total. The Morgan fingerprint density at radius 2 is 2.47 bits per heavy atom. The minimum Gasteiger partial charge on any atom is -0.436 e. The Balaban J connectivity index is 1.96. The molecule has 0 bridgehead atoms. The number of fused-ring (bicyclic) bond motifs is 1. The summed E-state index contributed by atoms with van der Waals surface area (Å²) in [5.41, 5.74) is 1.35. The molecule has 1 atom stereocenters. The lowest BCUT2D eigenvalue weighted by molar-refractivity contribution is 0.0118. The molecule has 1 aliphatic heterocycles. The minimum absolute atomic E-state index is 0.0899. The topological polar surface area (TPSA) is 60.2 Å². The maximum atomic E-state index is 5.57. The number of rotatable bonds is 1. The first-order valence-electron chi connectivity index (χ1n) is 4.97. The van der Waals surface area contributed by atoms with E-state index in [2.05, 4.69) is 15.3 Å². The zero-order valence-corrected chi connectivity index (χ0v) is 8.14. The van der Waals surface area contributed by atoms with E-state index in [-0.39, 0.29) is 6.10 Å². The van der Waals surface area contributed by atoms with Crippen LogP contribution in [0.1, 0.15) is 12.0 Å². The Kier molecular flexibility index (Phi) is 2.12. The van der Waals surface area contributed by atoms with E-state index < -0.39 is 0 Å². The SMILES string of the molecule is c1cnc2nc(C3CNCCO3)oc2c1. The highest BCUT2D eigenvalue weighted by atomic mass is 16.5. The third-order valence-corrected chi connectivity index (χ3v) is 2.38. The second-order valence-electron chi connectivity index (χ2n) is 3.44. The molecule has 15 heavy (non-hydrogen) atoms. The fraction of sp³-hybridized carbons (Fsp3) is 0.400. The second kappa shape index (κ2) is 3.60. The van der Waals surface area contributed by atoms with Crippen molar-refractivity contribution in [2.24, 2.45) is 0 Å².